The number of carboxylic acid groups (broad SMARTS) is 1. The summed E-state index contributed by atoms with van der Waals surface area (Å²) in [7, 11) is 0. The van der Waals surface area contributed by atoms with Gasteiger partial charge >= 0.3 is 11.9 Å². The number of hydrogen-bond donors (Lipinski definition) is 2. The zero-order chi connectivity index (χ0) is 26.3. The van der Waals surface area contributed by atoms with Gasteiger partial charge in [0.2, 0.25) is 5.60 Å². The number of rotatable bonds is 3. The second kappa shape index (κ2) is 8.20. The monoisotopic (exact) mass is 506 g/mol. The van der Waals surface area contributed by atoms with Gasteiger partial charge in [-0.05, 0) is 62.7 Å². The molecule has 0 aliphatic heterocycles. The van der Waals surface area contributed by atoms with Gasteiger partial charge in [-0.3, -0.25) is 9.59 Å². The van der Waals surface area contributed by atoms with Crippen molar-refractivity contribution in [3.8, 4) is 0 Å². The minimum Gasteiger partial charge on any atom is -0.478 e. The molecule has 0 spiro atoms. The zero-order valence-corrected chi connectivity index (χ0v) is 21.1. The zero-order valence-electron chi connectivity index (χ0n) is 21.1. The van der Waals surface area contributed by atoms with Gasteiger partial charge in [-0.1, -0.05) is 39.2 Å². The maximum Gasteiger partial charge on any atom is 0.349 e. The summed E-state index contributed by atoms with van der Waals surface area (Å²) in [4.78, 5) is 38.2. The standard InChI is InChI=1S/C28H36F2O6/c1-15-11-18-19-13-21(29)20-12-17(31)9-10-25(20,2)27(19,30)22(32)14-26(18,3)28(15,24(34)35)36-23(33)16-7-5-4-6-8-16/h9-10,12,15-16,18-19,21-22,32H,4-8,11,13-14H2,1-3H3,(H,34,35)/t15-,18+,19+,21+,22+,25+,26+,27+,28+/m1/s1. The van der Waals surface area contributed by atoms with Crippen LogP contribution in [0.1, 0.15) is 72.1 Å². The normalized spacial score (nSPS) is 48.4. The topological polar surface area (TPSA) is 101 Å². The van der Waals surface area contributed by atoms with Crippen LogP contribution in [0.4, 0.5) is 8.78 Å². The highest BCUT2D eigenvalue weighted by Gasteiger charge is 2.78. The highest BCUT2D eigenvalue weighted by molar-refractivity contribution is 6.01. The first-order chi connectivity index (χ1) is 16.8. The largest absolute Gasteiger partial charge is 0.478 e. The first kappa shape index (κ1) is 25.6. The van der Waals surface area contributed by atoms with Gasteiger partial charge in [0.1, 0.15) is 6.17 Å². The quantitative estimate of drug-likeness (QED) is 0.547. The molecule has 0 unspecified atom stereocenters. The summed E-state index contributed by atoms with van der Waals surface area (Å²) in [6.45, 7) is 4.87. The lowest BCUT2D eigenvalue weighted by atomic mass is 9.44. The number of hydrogen-bond acceptors (Lipinski definition) is 5. The highest BCUT2D eigenvalue weighted by atomic mass is 19.1. The molecule has 4 fully saturated rings. The number of esters is 1. The number of halogens is 2. The lowest BCUT2D eigenvalue weighted by Crippen LogP contribution is -2.71. The Balaban J connectivity index is 1.58. The van der Waals surface area contributed by atoms with E-state index >= 15 is 8.78 Å². The predicted molar refractivity (Wildman–Crippen MR) is 126 cm³/mol. The molecule has 8 heteroatoms. The van der Waals surface area contributed by atoms with E-state index in [1.807, 2.05) is 0 Å². The number of carboxylic acids is 1. The summed E-state index contributed by atoms with van der Waals surface area (Å²) in [6, 6.07) is 0. The SMILES string of the molecule is C[C@@H]1C[C@H]2[C@@H]3C[C@H](F)C4=CC(=O)C=C[C@]4(C)[C@@]3(F)[C@@H](O)C[C@]2(C)[C@@]1(OC(=O)C1CCCCC1)C(=O)O. The Labute approximate surface area is 210 Å². The molecule has 198 valence electrons. The number of aliphatic hydroxyl groups excluding tert-OH is 1. The summed E-state index contributed by atoms with van der Waals surface area (Å²) in [5, 5.41) is 22.0. The van der Waals surface area contributed by atoms with Gasteiger partial charge in [0.15, 0.2) is 11.5 Å². The van der Waals surface area contributed by atoms with Crippen molar-refractivity contribution in [2.45, 2.75) is 95.7 Å². The fourth-order valence-corrected chi connectivity index (χ4v) is 8.82. The number of fused-ring (bicyclic) bond motifs is 5. The van der Waals surface area contributed by atoms with Gasteiger partial charge in [0.25, 0.3) is 0 Å². The van der Waals surface area contributed by atoms with Gasteiger partial charge in [0, 0.05) is 22.7 Å². The van der Waals surface area contributed by atoms with Gasteiger partial charge in [0.05, 0.1) is 12.0 Å². The predicted octanol–water partition coefficient (Wildman–Crippen LogP) is 4.50. The van der Waals surface area contributed by atoms with Crippen LogP contribution in [0.2, 0.25) is 0 Å². The summed E-state index contributed by atoms with van der Waals surface area (Å²) in [5.41, 5.74) is -7.07. The van der Waals surface area contributed by atoms with E-state index < -0.39 is 69.9 Å². The Morgan fingerprint density at radius 3 is 2.42 bits per heavy atom. The maximum atomic E-state index is 17.3. The van der Waals surface area contributed by atoms with Crippen LogP contribution in [0.5, 0.6) is 0 Å². The molecular formula is C28H36F2O6. The van der Waals surface area contributed by atoms with E-state index in [1.54, 1.807) is 13.8 Å². The number of carbonyl (C=O) groups excluding carboxylic acids is 2. The molecule has 0 saturated heterocycles. The molecule has 0 heterocycles. The summed E-state index contributed by atoms with van der Waals surface area (Å²) < 4.78 is 38.9. The third-order valence-corrected chi connectivity index (χ3v) is 10.7. The lowest BCUT2D eigenvalue weighted by molar-refractivity contribution is -0.238. The number of alkyl halides is 2. The fourth-order valence-electron chi connectivity index (χ4n) is 8.82. The number of allylic oxidation sites excluding steroid dienone is 4. The van der Waals surface area contributed by atoms with Crippen LogP contribution in [0, 0.1) is 34.5 Å². The smallest absolute Gasteiger partial charge is 0.349 e. The number of ketones is 1. The van der Waals surface area contributed by atoms with E-state index in [0.29, 0.717) is 12.8 Å². The molecule has 6 nitrogen and oxygen atoms in total. The molecule has 5 rings (SSSR count). The van der Waals surface area contributed by atoms with Crippen molar-refractivity contribution in [1.29, 1.82) is 0 Å². The fraction of sp³-hybridized carbons (Fsp3) is 0.750. The highest BCUT2D eigenvalue weighted by Crippen LogP contribution is 2.71. The average Bonchev–Trinajstić information content (AvgIpc) is 3.05. The van der Waals surface area contributed by atoms with Crippen molar-refractivity contribution in [2.24, 2.45) is 34.5 Å². The number of aliphatic carboxylic acids is 1. The molecule has 2 N–H and O–H groups in total. The van der Waals surface area contributed by atoms with E-state index in [1.165, 1.54) is 19.1 Å². The maximum absolute atomic E-state index is 17.3. The van der Waals surface area contributed by atoms with Gasteiger partial charge in [-0.2, -0.15) is 0 Å². The summed E-state index contributed by atoms with van der Waals surface area (Å²) >= 11 is 0. The molecule has 0 amide bonds. The van der Waals surface area contributed by atoms with Gasteiger partial charge in [-0.15, -0.1) is 0 Å². The Morgan fingerprint density at radius 2 is 1.78 bits per heavy atom. The summed E-state index contributed by atoms with van der Waals surface area (Å²) in [5.74, 6) is -4.95. The van der Waals surface area contributed by atoms with E-state index in [0.717, 1.165) is 25.3 Å². The minimum atomic E-state index is -2.30. The second-order valence-electron chi connectivity index (χ2n) is 12.3. The molecule has 0 radical (unpaired) electrons. The third kappa shape index (κ3) is 3.05. The van der Waals surface area contributed by atoms with Gasteiger partial charge < -0.3 is 14.9 Å². The molecular weight excluding hydrogens is 470 g/mol. The lowest BCUT2D eigenvalue weighted by Gasteiger charge is -2.63. The van der Waals surface area contributed by atoms with Crippen LogP contribution in [0.25, 0.3) is 0 Å². The Morgan fingerprint density at radius 1 is 1.11 bits per heavy atom. The molecule has 0 aromatic heterocycles. The Hall–Kier alpha value is -2.09. The molecule has 0 aromatic carbocycles. The van der Waals surface area contributed by atoms with Crippen molar-refractivity contribution < 1.29 is 38.1 Å². The minimum absolute atomic E-state index is 0.0238. The van der Waals surface area contributed by atoms with Crippen molar-refractivity contribution in [3.05, 3.63) is 23.8 Å². The van der Waals surface area contributed by atoms with Crippen LogP contribution < -0.4 is 0 Å². The molecule has 4 saturated carbocycles. The van der Waals surface area contributed by atoms with E-state index in [9.17, 15) is 24.6 Å². The number of aliphatic hydroxyl groups is 1. The first-order valence-electron chi connectivity index (χ1n) is 13.3. The van der Waals surface area contributed by atoms with Crippen molar-refractivity contribution in [3.63, 3.8) is 0 Å². The van der Waals surface area contributed by atoms with Crippen LogP contribution in [0.15, 0.2) is 23.8 Å². The van der Waals surface area contributed by atoms with Crippen LogP contribution in [0.3, 0.4) is 0 Å². The van der Waals surface area contributed by atoms with E-state index in [4.69, 9.17) is 4.74 Å². The van der Waals surface area contributed by atoms with Crippen molar-refractivity contribution >= 4 is 17.7 Å². The van der Waals surface area contributed by atoms with Crippen LogP contribution >= 0.6 is 0 Å². The Bertz CT molecular complexity index is 1050. The molecule has 5 aliphatic carbocycles. The van der Waals surface area contributed by atoms with Crippen LogP contribution in [-0.4, -0.2) is 51.5 Å². The average molecular weight is 507 g/mol. The van der Waals surface area contributed by atoms with Crippen molar-refractivity contribution in [1.82, 2.24) is 0 Å². The van der Waals surface area contributed by atoms with E-state index in [2.05, 4.69) is 0 Å². The molecule has 9 atom stereocenters. The van der Waals surface area contributed by atoms with Crippen LogP contribution in [-0.2, 0) is 19.1 Å². The molecule has 36 heavy (non-hydrogen) atoms. The Kier molecular flexibility index (Phi) is 5.82. The first-order valence-corrected chi connectivity index (χ1v) is 13.3. The van der Waals surface area contributed by atoms with E-state index in [-0.39, 0.29) is 30.8 Å². The van der Waals surface area contributed by atoms with Gasteiger partial charge in [-0.25, -0.2) is 13.6 Å². The molecule has 5 aliphatic rings. The van der Waals surface area contributed by atoms with Crippen molar-refractivity contribution in [2.75, 3.05) is 0 Å². The summed E-state index contributed by atoms with van der Waals surface area (Å²) in [6.07, 6.45) is 4.24. The second-order valence-corrected chi connectivity index (χ2v) is 12.3. The molecule has 0 bridgehead atoms. The number of ether oxygens (including phenoxy) is 1. The molecule has 0 aromatic rings. The number of carbonyl (C=O) groups is 3. The third-order valence-electron chi connectivity index (χ3n) is 10.7.